The molecule has 1 saturated heterocycles. The first-order valence-corrected chi connectivity index (χ1v) is 6.72. The van der Waals surface area contributed by atoms with Crippen LogP contribution in [0.2, 0.25) is 5.02 Å². The Hall–Kier alpha value is -1.03. The second-order valence-electron chi connectivity index (χ2n) is 4.76. The third kappa shape index (κ3) is 2.14. The molecule has 1 aromatic carbocycles. The number of halogens is 1. The van der Waals surface area contributed by atoms with Crippen molar-refractivity contribution in [2.24, 2.45) is 0 Å². The van der Waals surface area contributed by atoms with E-state index in [4.69, 9.17) is 16.3 Å². The highest BCUT2D eigenvalue weighted by atomic mass is 35.5. The van der Waals surface area contributed by atoms with Gasteiger partial charge in [0.05, 0.1) is 6.61 Å². The zero-order valence-corrected chi connectivity index (χ0v) is 11.2. The van der Waals surface area contributed by atoms with Crippen molar-refractivity contribution >= 4 is 22.5 Å². The number of hydrogen-bond acceptors (Lipinski definition) is 2. The molecule has 2 heterocycles. The van der Waals surface area contributed by atoms with Gasteiger partial charge in [0.25, 0.3) is 0 Å². The molecule has 1 aliphatic heterocycles. The van der Waals surface area contributed by atoms with Crippen LogP contribution in [-0.2, 0) is 4.74 Å². The van der Waals surface area contributed by atoms with E-state index in [0.29, 0.717) is 6.04 Å². The van der Waals surface area contributed by atoms with Gasteiger partial charge in [0.1, 0.15) is 0 Å². The highest BCUT2D eigenvalue weighted by Crippen LogP contribution is 2.29. The summed E-state index contributed by atoms with van der Waals surface area (Å²) in [5, 5.41) is 5.52. The quantitative estimate of drug-likeness (QED) is 0.830. The van der Waals surface area contributed by atoms with Gasteiger partial charge in [-0.3, -0.25) is 0 Å². The first-order valence-electron chi connectivity index (χ1n) is 6.34. The average molecular weight is 265 g/mol. The summed E-state index contributed by atoms with van der Waals surface area (Å²) in [5.74, 6) is 0. The van der Waals surface area contributed by atoms with E-state index < -0.39 is 0 Å². The second-order valence-corrected chi connectivity index (χ2v) is 5.20. The van der Waals surface area contributed by atoms with Gasteiger partial charge in [-0.25, -0.2) is 0 Å². The van der Waals surface area contributed by atoms with E-state index in [-0.39, 0.29) is 0 Å². The van der Waals surface area contributed by atoms with Crippen LogP contribution in [0.3, 0.4) is 0 Å². The summed E-state index contributed by atoms with van der Waals surface area (Å²) in [4.78, 5) is 3.51. The molecule has 4 heteroatoms. The summed E-state index contributed by atoms with van der Waals surface area (Å²) in [5.41, 5.74) is 3.70. The molecule has 1 aliphatic rings. The van der Waals surface area contributed by atoms with E-state index >= 15 is 0 Å². The van der Waals surface area contributed by atoms with Gasteiger partial charge in [-0.2, -0.15) is 0 Å². The van der Waals surface area contributed by atoms with Crippen molar-refractivity contribution in [2.45, 2.75) is 19.4 Å². The highest BCUT2D eigenvalue weighted by molar-refractivity contribution is 6.31. The van der Waals surface area contributed by atoms with Gasteiger partial charge in [-0.15, -0.1) is 0 Å². The number of ether oxygens (including phenoxy) is 1. The molecule has 3 nitrogen and oxygen atoms in total. The number of H-pyrrole nitrogens is 1. The van der Waals surface area contributed by atoms with Crippen molar-refractivity contribution in [2.75, 3.05) is 19.8 Å². The Morgan fingerprint density at radius 3 is 3.11 bits per heavy atom. The number of aryl methyl sites for hydroxylation is 1. The maximum Gasteiger partial charge on any atom is 0.0591 e. The molecule has 3 rings (SSSR count). The Morgan fingerprint density at radius 1 is 1.33 bits per heavy atom. The molecule has 1 fully saturated rings. The standard InChI is InChI=1S/C14H17ClN2O/c1-9-11-8-10(15)2-3-12(11)17-14(9)13-4-6-18-7-5-16-13/h2-3,8,13,16-17H,4-7H2,1H3. The summed E-state index contributed by atoms with van der Waals surface area (Å²) in [7, 11) is 0. The van der Waals surface area contributed by atoms with Gasteiger partial charge in [0.15, 0.2) is 0 Å². The van der Waals surface area contributed by atoms with Gasteiger partial charge in [0.2, 0.25) is 0 Å². The predicted octanol–water partition coefficient (Wildman–Crippen LogP) is 3.18. The maximum absolute atomic E-state index is 6.06. The molecule has 96 valence electrons. The summed E-state index contributed by atoms with van der Waals surface area (Å²) in [6.45, 7) is 4.66. The summed E-state index contributed by atoms with van der Waals surface area (Å²) in [6.07, 6.45) is 1.00. The smallest absolute Gasteiger partial charge is 0.0591 e. The van der Waals surface area contributed by atoms with E-state index in [1.54, 1.807) is 0 Å². The van der Waals surface area contributed by atoms with Crippen LogP contribution >= 0.6 is 11.6 Å². The number of aromatic nitrogens is 1. The molecule has 2 N–H and O–H groups in total. The lowest BCUT2D eigenvalue weighted by atomic mass is 10.1. The molecule has 2 aromatic rings. The van der Waals surface area contributed by atoms with Crippen LogP contribution in [0.1, 0.15) is 23.7 Å². The molecule has 0 radical (unpaired) electrons. The number of nitrogens with one attached hydrogen (secondary N) is 2. The fourth-order valence-electron chi connectivity index (χ4n) is 2.63. The number of hydrogen-bond donors (Lipinski definition) is 2. The molecule has 0 aliphatic carbocycles. The molecular formula is C14H17ClN2O. The van der Waals surface area contributed by atoms with Gasteiger partial charge in [0, 0.05) is 40.8 Å². The van der Waals surface area contributed by atoms with Gasteiger partial charge in [-0.05, 0) is 37.1 Å². The predicted molar refractivity (Wildman–Crippen MR) is 74.2 cm³/mol. The third-order valence-corrected chi connectivity index (χ3v) is 3.83. The fourth-order valence-corrected chi connectivity index (χ4v) is 2.80. The Labute approximate surface area is 111 Å². The normalized spacial score (nSPS) is 21.1. The number of aromatic amines is 1. The van der Waals surface area contributed by atoms with E-state index in [1.165, 1.54) is 16.6 Å². The van der Waals surface area contributed by atoms with Crippen molar-refractivity contribution in [3.05, 3.63) is 34.5 Å². The largest absolute Gasteiger partial charge is 0.380 e. The van der Waals surface area contributed by atoms with Crippen LogP contribution in [0, 0.1) is 6.92 Å². The molecule has 18 heavy (non-hydrogen) atoms. The highest BCUT2D eigenvalue weighted by Gasteiger charge is 2.19. The monoisotopic (exact) mass is 264 g/mol. The summed E-state index contributed by atoms with van der Waals surface area (Å²) < 4.78 is 5.48. The van der Waals surface area contributed by atoms with Crippen LogP contribution in [0.25, 0.3) is 10.9 Å². The summed E-state index contributed by atoms with van der Waals surface area (Å²) >= 11 is 6.06. The van der Waals surface area contributed by atoms with Crippen molar-refractivity contribution < 1.29 is 4.74 Å². The van der Waals surface area contributed by atoms with E-state index in [0.717, 1.165) is 36.7 Å². The average Bonchev–Trinajstić information content (AvgIpc) is 2.59. The molecule has 0 spiro atoms. The molecule has 0 bridgehead atoms. The summed E-state index contributed by atoms with van der Waals surface area (Å²) in [6, 6.07) is 6.34. The fraction of sp³-hybridized carbons (Fsp3) is 0.429. The van der Waals surface area contributed by atoms with Crippen LogP contribution in [0.5, 0.6) is 0 Å². The third-order valence-electron chi connectivity index (χ3n) is 3.60. The van der Waals surface area contributed by atoms with Crippen LogP contribution in [0.4, 0.5) is 0 Å². The topological polar surface area (TPSA) is 37.0 Å². The van der Waals surface area contributed by atoms with Crippen molar-refractivity contribution in [3.8, 4) is 0 Å². The lowest BCUT2D eigenvalue weighted by Crippen LogP contribution is -2.22. The van der Waals surface area contributed by atoms with Crippen LogP contribution < -0.4 is 5.32 Å². The molecule has 0 amide bonds. The Kier molecular flexibility index (Phi) is 3.29. The number of benzene rings is 1. The van der Waals surface area contributed by atoms with Gasteiger partial charge in [-0.1, -0.05) is 11.6 Å². The van der Waals surface area contributed by atoms with Gasteiger partial charge < -0.3 is 15.0 Å². The number of fused-ring (bicyclic) bond motifs is 1. The lowest BCUT2D eigenvalue weighted by molar-refractivity contribution is 0.150. The molecule has 1 aromatic heterocycles. The zero-order chi connectivity index (χ0) is 12.5. The van der Waals surface area contributed by atoms with Crippen LogP contribution in [-0.4, -0.2) is 24.7 Å². The van der Waals surface area contributed by atoms with E-state index in [9.17, 15) is 0 Å². The van der Waals surface area contributed by atoms with E-state index in [1.807, 2.05) is 18.2 Å². The van der Waals surface area contributed by atoms with Crippen LogP contribution in [0.15, 0.2) is 18.2 Å². The number of rotatable bonds is 1. The molecule has 1 unspecified atom stereocenters. The molecular weight excluding hydrogens is 248 g/mol. The Morgan fingerprint density at radius 2 is 2.22 bits per heavy atom. The SMILES string of the molecule is Cc1c(C2CCOCCN2)[nH]c2ccc(Cl)cc12. The first-order chi connectivity index (χ1) is 8.75. The molecule has 1 atom stereocenters. The second kappa shape index (κ2) is 4.92. The Bertz CT molecular complexity index is 556. The minimum absolute atomic E-state index is 0.346. The molecule has 0 saturated carbocycles. The minimum Gasteiger partial charge on any atom is -0.380 e. The Balaban J connectivity index is 2.03. The first kappa shape index (κ1) is 12.0. The van der Waals surface area contributed by atoms with Crippen molar-refractivity contribution in [3.63, 3.8) is 0 Å². The van der Waals surface area contributed by atoms with Crippen molar-refractivity contribution in [1.29, 1.82) is 0 Å². The maximum atomic E-state index is 6.06. The van der Waals surface area contributed by atoms with Gasteiger partial charge >= 0.3 is 0 Å². The minimum atomic E-state index is 0.346. The van der Waals surface area contributed by atoms with Crippen molar-refractivity contribution in [1.82, 2.24) is 10.3 Å². The van der Waals surface area contributed by atoms with E-state index in [2.05, 4.69) is 17.2 Å². The lowest BCUT2D eigenvalue weighted by Gasteiger charge is -2.14. The zero-order valence-electron chi connectivity index (χ0n) is 10.4.